The molecule has 0 aromatic heterocycles. The Morgan fingerprint density at radius 3 is 2.28 bits per heavy atom. The molecule has 2 heterocycles. The average molecular weight is 434 g/mol. The second kappa shape index (κ2) is 8.84. The Hall–Kier alpha value is -3.65. The van der Waals surface area contributed by atoms with Gasteiger partial charge in [-0.3, -0.25) is 14.4 Å². The third kappa shape index (κ3) is 4.09. The fraction of sp³-hybridized carbons (Fsp3) is 0.292. The number of methoxy groups -OCH3 is 1. The van der Waals surface area contributed by atoms with E-state index in [1.165, 1.54) is 11.8 Å². The minimum atomic E-state index is -0.371. The number of carbonyl (C=O) groups excluding carboxylic acids is 3. The summed E-state index contributed by atoms with van der Waals surface area (Å²) in [7, 11) is 3.58. The van der Waals surface area contributed by atoms with Crippen LogP contribution < -0.4 is 15.0 Å². The van der Waals surface area contributed by atoms with Crippen molar-refractivity contribution in [2.24, 2.45) is 0 Å². The first-order valence-corrected chi connectivity index (χ1v) is 10.5. The highest BCUT2D eigenvalue weighted by atomic mass is 16.5. The molecule has 2 aliphatic heterocycles. The smallest absolute Gasteiger partial charge is 0.282 e. The van der Waals surface area contributed by atoms with Crippen molar-refractivity contribution in [1.29, 1.82) is 0 Å². The van der Waals surface area contributed by atoms with Crippen LogP contribution in [0.25, 0.3) is 5.57 Å². The number of likely N-dealkylation sites (N-methyl/N-ethyl adjacent to an activating group) is 1. The Morgan fingerprint density at radius 1 is 0.969 bits per heavy atom. The van der Waals surface area contributed by atoms with E-state index in [1.54, 1.807) is 55.6 Å². The molecule has 0 aliphatic carbocycles. The maximum atomic E-state index is 13.6. The van der Waals surface area contributed by atoms with Crippen molar-refractivity contribution in [2.45, 2.75) is 6.92 Å². The fourth-order valence-corrected chi connectivity index (χ4v) is 4.01. The van der Waals surface area contributed by atoms with Crippen LogP contribution in [0.5, 0.6) is 5.75 Å². The maximum Gasteiger partial charge on any atom is 0.282 e. The van der Waals surface area contributed by atoms with Crippen LogP contribution in [0.15, 0.2) is 54.2 Å². The molecule has 3 amide bonds. The number of anilines is 2. The Labute approximate surface area is 187 Å². The number of nitrogens with one attached hydrogen (secondary N) is 1. The number of hydrogen-bond donors (Lipinski definition) is 1. The second-order valence-corrected chi connectivity index (χ2v) is 7.92. The van der Waals surface area contributed by atoms with Crippen molar-refractivity contribution >= 4 is 34.7 Å². The van der Waals surface area contributed by atoms with E-state index in [9.17, 15) is 14.4 Å². The highest BCUT2D eigenvalue weighted by Crippen LogP contribution is 2.36. The zero-order valence-electron chi connectivity index (χ0n) is 18.4. The Bertz CT molecular complexity index is 1090. The van der Waals surface area contributed by atoms with Crippen LogP contribution in [0.2, 0.25) is 0 Å². The number of hydrogen-bond acceptors (Lipinski definition) is 6. The van der Waals surface area contributed by atoms with Gasteiger partial charge in [-0.2, -0.15) is 0 Å². The molecule has 1 N–H and O–H groups in total. The summed E-state index contributed by atoms with van der Waals surface area (Å²) in [6, 6.07) is 13.9. The van der Waals surface area contributed by atoms with E-state index < -0.39 is 0 Å². The van der Waals surface area contributed by atoms with Gasteiger partial charge < -0.3 is 19.9 Å². The molecule has 1 fully saturated rings. The van der Waals surface area contributed by atoms with Crippen LogP contribution in [0.4, 0.5) is 11.4 Å². The number of carbonyl (C=O) groups is 3. The molecule has 1 saturated heterocycles. The Balaban J connectivity index is 1.76. The van der Waals surface area contributed by atoms with E-state index >= 15 is 0 Å². The third-order valence-corrected chi connectivity index (χ3v) is 5.68. The summed E-state index contributed by atoms with van der Waals surface area (Å²) in [4.78, 5) is 43.9. The van der Waals surface area contributed by atoms with Gasteiger partial charge in [-0.1, -0.05) is 18.2 Å². The molecule has 0 atom stereocenters. The minimum Gasteiger partial charge on any atom is -0.497 e. The highest BCUT2D eigenvalue weighted by Gasteiger charge is 2.43. The molecule has 0 bridgehead atoms. The molecule has 0 spiro atoms. The highest BCUT2D eigenvalue weighted by molar-refractivity contribution is 6.45. The number of benzene rings is 2. The lowest BCUT2D eigenvalue weighted by atomic mass is 10.0. The normalized spacial score (nSPS) is 17.2. The lowest BCUT2D eigenvalue weighted by Gasteiger charge is -2.34. The molecule has 2 aliphatic rings. The van der Waals surface area contributed by atoms with Gasteiger partial charge in [0.1, 0.15) is 11.4 Å². The van der Waals surface area contributed by atoms with Crippen molar-refractivity contribution in [2.75, 3.05) is 50.6 Å². The SMILES string of the molecule is COc1cccc(N2C(=O)C(c3ccc(NC(C)=O)cc3)=C(N3CCN(C)CC3)C2=O)c1. The molecule has 2 aromatic rings. The van der Waals surface area contributed by atoms with Crippen LogP contribution in [-0.2, 0) is 14.4 Å². The van der Waals surface area contributed by atoms with Crippen molar-refractivity contribution in [3.8, 4) is 5.75 Å². The molecule has 0 unspecified atom stereocenters. The number of rotatable bonds is 5. The molecule has 2 aromatic carbocycles. The number of nitrogens with zero attached hydrogens (tertiary/aromatic N) is 3. The first-order chi connectivity index (χ1) is 15.4. The third-order valence-electron chi connectivity index (χ3n) is 5.68. The van der Waals surface area contributed by atoms with Gasteiger partial charge in [0.25, 0.3) is 11.8 Å². The quantitative estimate of drug-likeness (QED) is 0.727. The first-order valence-electron chi connectivity index (χ1n) is 10.5. The summed E-state index contributed by atoms with van der Waals surface area (Å²) in [5, 5.41) is 2.72. The van der Waals surface area contributed by atoms with Gasteiger partial charge in [0.15, 0.2) is 0 Å². The molecule has 8 heteroatoms. The zero-order valence-corrected chi connectivity index (χ0v) is 18.4. The van der Waals surface area contributed by atoms with Crippen LogP contribution >= 0.6 is 0 Å². The maximum absolute atomic E-state index is 13.6. The monoisotopic (exact) mass is 434 g/mol. The van der Waals surface area contributed by atoms with E-state index in [0.29, 0.717) is 47.0 Å². The van der Waals surface area contributed by atoms with Gasteiger partial charge >= 0.3 is 0 Å². The van der Waals surface area contributed by atoms with E-state index in [2.05, 4.69) is 10.2 Å². The predicted octanol–water partition coefficient (Wildman–Crippen LogP) is 2.19. The summed E-state index contributed by atoms with van der Waals surface area (Å²) in [5.41, 5.74) is 2.52. The van der Waals surface area contributed by atoms with Crippen LogP contribution in [0.1, 0.15) is 12.5 Å². The molecule has 4 rings (SSSR count). The van der Waals surface area contributed by atoms with E-state index in [0.717, 1.165) is 13.1 Å². The van der Waals surface area contributed by atoms with Crippen molar-refractivity contribution < 1.29 is 19.1 Å². The summed E-state index contributed by atoms with van der Waals surface area (Å²) in [6.07, 6.45) is 0. The summed E-state index contributed by atoms with van der Waals surface area (Å²) < 4.78 is 5.28. The van der Waals surface area contributed by atoms with Gasteiger partial charge in [0.2, 0.25) is 5.91 Å². The predicted molar refractivity (Wildman–Crippen MR) is 122 cm³/mol. The van der Waals surface area contributed by atoms with Gasteiger partial charge in [0, 0.05) is 44.9 Å². The van der Waals surface area contributed by atoms with E-state index in [1.807, 2.05) is 11.9 Å². The Morgan fingerprint density at radius 2 is 1.66 bits per heavy atom. The fourth-order valence-electron chi connectivity index (χ4n) is 4.01. The van der Waals surface area contributed by atoms with Crippen molar-refractivity contribution in [3.05, 3.63) is 59.8 Å². The van der Waals surface area contributed by atoms with Crippen molar-refractivity contribution in [3.63, 3.8) is 0 Å². The largest absolute Gasteiger partial charge is 0.497 e. The molecule has 32 heavy (non-hydrogen) atoms. The Kier molecular flexibility index (Phi) is 5.96. The van der Waals surface area contributed by atoms with Gasteiger partial charge in [-0.15, -0.1) is 0 Å². The molecule has 0 saturated carbocycles. The first kappa shape index (κ1) is 21.6. The standard InChI is InChI=1S/C24H26N4O4/c1-16(29)25-18-9-7-17(8-10-18)21-22(27-13-11-26(2)12-14-27)24(31)28(23(21)30)19-5-4-6-20(15-19)32-3/h4-10,15H,11-14H2,1-3H3,(H,25,29). The summed E-state index contributed by atoms with van der Waals surface area (Å²) in [6.45, 7) is 4.36. The van der Waals surface area contributed by atoms with Crippen LogP contribution in [0.3, 0.4) is 0 Å². The van der Waals surface area contributed by atoms with Crippen LogP contribution in [-0.4, -0.2) is 67.9 Å². The van der Waals surface area contributed by atoms with Crippen molar-refractivity contribution in [1.82, 2.24) is 9.80 Å². The number of ether oxygens (including phenoxy) is 1. The molecule has 8 nitrogen and oxygen atoms in total. The molecular formula is C24H26N4O4. The van der Waals surface area contributed by atoms with Crippen LogP contribution in [0, 0.1) is 0 Å². The lowest BCUT2D eigenvalue weighted by Crippen LogP contribution is -2.46. The van der Waals surface area contributed by atoms with E-state index in [-0.39, 0.29) is 17.7 Å². The minimum absolute atomic E-state index is 0.175. The van der Waals surface area contributed by atoms with E-state index in [4.69, 9.17) is 4.74 Å². The van der Waals surface area contributed by atoms with Gasteiger partial charge in [-0.05, 0) is 36.9 Å². The number of imide groups is 1. The molecule has 0 radical (unpaired) electrons. The molecule has 166 valence electrons. The summed E-state index contributed by atoms with van der Waals surface area (Å²) in [5.74, 6) is -0.318. The zero-order chi connectivity index (χ0) is 22.8. The average Bonchev–Trinajstić information content (AvgIpc) is 3.04. The van der Waals surface area contributed by atoms with Gasteiger partial charge in [-0.25, -0.2) is 4.90 Å². The molecular weight excluding hydrogens is 408 g/mol. The summed E-state index contributed by atoms with van der Waals surface area (Å²) >= 11 is 0. The number of amides is 3. The van der Waals surface area contributed by atoms with Gasteiger partial charge in [0.05, 0.1) is 18.4 Å². The number of piperazine rings is 1. The topological polar surface area (TPSA) is 82.2 Å². The second-order valence-electron chi connectivity index (χ2n) is 7.92. The lowest BCUT2D eigenvalue weighted by molar-refractivity contribution is -0.121.